The molecular formula is C16H25NO. The van der Waals surface area contributed by atoms with Gasteiger partial charge in [-0.2, -0.15) is 0 Å². The van der Waals surface area contributed by atoms with Crippen LogP contribution in [0.2, 0.25) is 0 Å². The van der Waals surface area contributed by atoms with Crippen LogP contribution in [-0.2, 0) is 0 Å². The van der Waals surface area contributed by atoms with Crippen LogP contribution in [-0.4, -0.2) is 6.10 Å². The number of hydrogen-bond acceptors (Lipinski definition) is 2. The van der Waals surface area contributed by atoms with Crippen molar-refractivity contribution in [3.8, 4) is 5.75 Å². The lowest BCUT2D eigenvalue weighted by molar-refractivity contribution is 0.0994. The normalized spacial score (nSPS) is 29.9. The zero-order chi connectivity index (χ0) is 13.1. The maximum absolute atomic E-state index is 6.19. The Morgan fingerprint density at radius 3 is 2.56 bits per heavy atom. The van der Waals surface area contributed by atoms with Crippen molar-refractivity contribution in [2.24, 2.45) is 17.6 Å². The average Bonchev–Trinajstić information content (AvgIpc) is 2.34. The predicted molar refractivity (Wildman–Crippen MR) is 75.6 cm³/mol. The van der Waals surface area contributed by atoms with Gasteiger partial charge in [0.1, 0.15) is 5.75 Å². The van der Waals surface area contributed by atoms with Gasteiger partial charge in [-0.25, -0.2) is 0 Å². The number of ether oxygens (including phenoxy) is 1. The van der Waals surface area contributed by atoms with E-state index in [1.165, 1.54) is 12.8 Å². The van der Waals surface area contributed by atoms with Gasteiger partial charge in [0.05, 0.1) is 6.10 Å². The van der Waals surface area contributed by atoms with Crippen LogP contribution in [0.3, 0.4) is 0 Å². The third kappa shape index (κ3) is 3.05. The van der Waals surface area contributed by atoms with Crippen molar-refractivity contribution >= 4 is 0 Å². The van der Waals surface area contributed by atoms with Crippen LogP contribution < -0.4 is 10.5 Å². The summed E-state index contributed by atoms with van der Waals surface area (Å²) < 4.78 is 6.19. The molecule has 3 unspecified atom stereocenters. The van der Waals surface area contributed by atoms with E-state index in [1.54, 1.807) is 0 Å². The average molecular weight is 247 g/mol. The summed E-state index contributed by atoms with van der Waals surface area (Å²) in [7, 11) is 0. The van der Waals surface area contributed by atoms with Crippen molar-refractivity contribution < 1.29 is 4.74 Å². The molecule has 0 aliphatic heterocycles. The SMILES string of the molecule is CC1CCC(Oc2ccccc2[C@H](C)N)CC1C. The first-order valence-electron chi connectivity index (χ1n) is 7.09. The van der Waals surface area contributed by atoms with Gasteiger partial charge in [-0.15, -0.1) is 0 Å². The van der Waals surface area contributed by atoms with Crippen molar-refractivity contribution in [2.75, 3.05) is 0 Å². The highest BCUT2D eigenvalue weighted by Gasteiger charge is 2.26. The van der Waals surface area contributed by atoms with E-state index >= 15 is 0 Å². The third-order valence-electron chi connectivity index (χ3n) is 4.25. The zero-order valence-electron chi connectivity index (χ0n) is 11.7. The summed E-state index contributed by atoms with van der Waals surface area (Å²) in [4.78, 5) is 0. The number of hydrogen-bond donors (Lipinski definition) is 1. The third-order valence-corrected chi connectivity index (χ3v) is 4.25. The molecule has 2 N–H and O–H groups in total. The van der Waals surface area contributed by atoms with E-state index in [0.29, 0.717) is 6.10 Å². The number of nitrogens with two attached hydrogens (primary N) is 1. The molecule has 0 radical (unpaired) electrons. The Kier molecular flexibility index (Phi) is 4.28. The molecule has 100 valence electrons. The summed E-state index contributed by atoms with van der Waals surface area (Å²) >= 11 is 0. The van der Waals surface area contributed by atoms with Gasteiger partial charge in [-0.1, -0.05) is 32.0 Å². The molecule has 0 bridgehead atoms. The molecule has 1 fully saturated rings. The highest BCUT2D eigenvalue weighted by molar-refractivity contribution is 5.35. The molecule has 1 saturated carbocycles. The topological polar surface area (TPSA) is 35.2 Å². The van der Waals surface area contributed by atoms with Crippen LogP contribution in [0.1, 0.15) is 51.6 Å². The highest BCUT2D eigenvalue weighted by Crippen LogP contribution is 2.33. The molecule has 2 nitrogen and oxygen atoms in total. The Hall–Kier alpha value is -1.02. The molecule has 0 spiro atoms. The fourth-order valence-corrected chi connectivity index (χ4v) is 2.75. The minimum Gasteiger partial charge on any atom is -0.490 e. The summed E-state index contributed by atoms with van der Waals surface area (Å²) in [5.41, 5.74) is 7.10. The summed E-state index contributed by atoms with van der Waals surface area (Å²) in [6.45, 7) is 6.68. The van der Waals surface area contributed by atoms with Gasteiger partial charge in [-0.3, -0.25) is 0 Å². The summed E-state index contributed by atoms with van der Waals surface area (Å²) in [6, 6.07) is 8.19. The monoisotopic (exact) mass is 247 g/mol. The largest absolute Gasteiger partial charge is 0.490 e. The Morgan fingerprint density at radius 2 is 1.89 bits per heavy atom. The molecule has 2 rings (SSSR count). The van der Waals surface area contributed by atoms with E-state index in [2.05, 4.69) is 19.9 Å². The molecular weight excluding hydrogens is 222 g/mol. The van der Waals surface area contributed by atoms with Gasteiger partial charge in [-0.05, 0) is 44.1 Å². The quantitative estimate of drug-likeness (QED) is 0.879. The van der Waals surface area contributed by atoms with Crippen molar-refractivity contribution in [3.05, 3.63) is 29.8 Å². The van der Waals surface area contributed by atoms with E-state index in [-0.39, 0.29) is 6.04 Å². The molecule has 0 amide bonds. The second-order valence-electron chi connectivity index (χ2n) is 5.83. The Labute approximate surface area is 111 Å². The van der Waals surface area contributed by atoms with Crippen LogP contribution in [0.15, 0.2) is 24.3 Å². The second kappa shape index (κ2) is 5.75. The molecule has 1 aromatic carbocycles. The first-order valence-corrected chi connectivity index (χ1v) is 7.09. The summed E-state index contributed by atoms with van der Waals surface area (Å²) in [5, 5.41) is 0. The lowest BCUT2D eigenvalue weighted by atomic mass is 9.80. The van der Waals surface area contributed by atoms with Crippen LogP contribution >= 0.6 is 0 Å². The van der Waals surface area contributed by atoms with E-state index in [0.717, 1.165) is 29.6 Å². The Bertz CT molecular complexity index is 388. The lowest BCUT2D eigenvalue weighted by Crippen LogP contribution is -2.29. The molecule has 0 aromatic heterocycles. The molecule has 1 aromatic rings. The molecule has 1 aliphatic rings. The highest BCUT2D eigenvalue weighted by atomic mass is 16.5. The van der Waals surface area contributed by atoms with Crippen LogP contribution in [0.4, 0.5) is 0 Å². The molecule has 0 saturated heterocycles. The van der Waals surface area contributed by atoms with E-state index in [1.807, 2.05) is 25.1 Å². The minimum atomic E-state index is 0.0288. The van der Waals surface area contributed by atoms with Crippen LogP contribution in [0.5, 0.6) is 5.75 Å². The standard InChI is InChI=1S/C16H25NO/c1-11-8-9-14(10-12(11)2)18-16-7-5-4-6-15(16)13(3)17/h4-7,11-14H,8-10,17H2,1-3H3/t11?,12?,13-,14?/m0/s1. The number of rotatable bonds is 3. The maximum atomic E-state index is 6.19. The fraction of sp³-hybridized carbons (Fsp3) is 0.625. The maximum Gasteiger partial charge on any atom is 0.124 e. The zero-order valence-corrected chi connectivity index (χ0v) is 11.7. The van der Waals surface area contributed by atoms with Crippen molar-refractivity contribution in [1.82, 2.24) is 0 Å². The Balaban J connectivity index is 2.06. The van der Waals surface area contributed by atoms with Gasteiger partial charge in [0.25, 0.3) is 0 Å². The van der Waals surface area contributed by atoms with Gasteiger partial charge in [0, 0.05) is 11.6 Å². The van der Waals surface area contributed by atoms with Crippen molar-refractivity contribution in [2.45, 2.75) is 52.2 Å². The Morgan fingerprint density at radius 1 is 1.17 bits per heavy atom. The fourth-order valence-electron chi connectivity index (χ4n) is 2.75. The van der Waals surface area contributed by atoms with Crippen LogP contribution in [0.25, 0.3) is 0 Å². The van der Waals surface area contributed by atoms with E-state index in [9.17, 15) is 0 Å². The first kappa shape index (κ1) is 13.4. The van der Waals surface area contributed by atoms with Crippen molar-refractivity contribution in [3.63, 3.8) is 0 Å². The number of benzene rings is 1. The van der Waals surface area contributed by atoms with E-state index in [4.69, 9.17) is 10.5 Å². The number of para-hydroxylation sites is 1. The van der Waals surface area contributed by atoms with E-state index < -0.39 is 0 Å². The minimum absolute atomic E-state index is 0.0288. The molecule has 4 atom stereocenters. The second-order valence-corrected chi connectivity index (χ2v) is 5.83. The summed E-state index contributed by atoms with van der Waals surface area (Å²) in [5.74, 6) is 2.55. The first-order chi connectivity index (χ1) is 8.58. The van der Waals surface area contributed by atoms with Gasteiger partial charge >= 0.3 is 0 Å². The summed E-state index contributed by atoms with van der Waals surface area (Å²) in [6.07, 6.45) is 3.95. The molecule has 0 heterocycles. The van der Waals surface area contributed by atoms with Crippen LogP contribution in [0, 0.1) is 11.8 Å². The van der Waals surface area contributed by atoms with Gasteiger partial charge < -0.3 is 10.5 Å². The molecule has 1 aliphatic carbocycles. The van der Waals surface area contributed by atoms with Gasteiger partial charge in [0.15, 0.2) is 0 Å². The van der Waals surface area contributed by atoms with Gasteiger partial charge in [0.2, 0.25) is 0 Å². The molecule has 18 heavy (non-hydrogen) atoms. The molecule has 2 heteroatoms. The van der Waals surface area contributed by atoms with Crippen molar-refractivity contribution in [1.29, 1.82) is 0 Å². The predicted octanol–water partition coefficient (Wildman–Crippen LogP) is 3.91. The smallest absolute Gasteiger partial charge is 0.124 e. The lowest BCUT2D eigenvalue weighted by Gasteiger charge is -2.32.